The number of nitrogens with zero attached hydrogens (tertiary/aromatic N) is 2. The summed E-state index contributed by atoms with van der Waals surface area (Å²) in [6.07, 6.45) is 0. The molecule has 3 aromatic rings. The summed E-state index contributed by atoms with van der Waals surface area (Å²) in [4.78, 5) is 4.28. The Labute approximate surface area is 134 Å². The van der Waals surface area contributed by atoms with Gasteiger partial charge in [-0.05, 0) is 36.4 Å². The fourth-order valence-electron chi connectivity index (χ4n) is 1.74. The Morgan fingerprint density at radius 1 is 1.10 bits per heavy atom. The van der Waals surface area contributed by atoms with Gasteiger partial charge in [0.05, 0.1) is 5.02 Å². The molecule has 3 rings (SSSR count). The van der Waals surface area contributed by atoms with Crippen LogP contribution in [-0.4, -0.2) is 10.1 Å². The summed E-state index contributed by atoms with van der Waals surface area (Å²) in [5.74, 6) is 1.58. The molecule has 0 amide bonds. The van der Waals surface area contributed by atoms with Crippen LogP contribution >= 0.6 is 27.5 Å². The molecule has 6 heteroatoms. The minimum absolute atomic E-state index is 0.207. The van der Waals surface area contributed by atoms with Crippen molar-refractivity contribution in [3.05, 3.63) is 63.9 Å². The van der Waals surface area contributed by atoms with Crippen molar-refractivity contribution in [1.29, 1.82) is 0 Å². The minimum atomic E-state index is 0.207. The third-order valence-electron chi connectivity index (χ3n) is 2.76. The van der Waals surface area contributed by atoms with Crippen molar-refractivity contribution in [2.45, 2.75) is 6.61 Å². The van der Waals surface area contributed by atoms with Gasteiger partial charge in [0.25, 0.3) is 5.89 Å². The van der Waals surface area contributed by atoms with Crippen LogP contribution in [0.5, 0.6) is 5.75 Å². The van der Waals surface area contributed by atoms with E-state index >= 15 is 0 Å². The zero-order chi connectivity index (χ0) is 14.7. The molecular weight excluding hydrogens is 356 g/mol. The highest BCUT2D eigenvalue weighted by Gasteiger charge is 2.11. The molecule has 0 bridgehead atoms. The first-order valence-corrected chi connectivity index (χ1v) is 7.35. The Morgan fingerprint density at radius 2 is 1.86 bits per heavy atom. The first kappa shape index (κ1) is 14.1. The molecular formula is C15H10BrClN2O2. The van der Waals surface area contributed by atoms with Gasteiger partial charge in [-0.2, -0.15) is 4.98 Å². The van der Waals surface area contributed by atoms with Gasteiger partial charge in [0, 0.05) is 10.0 Å². The Kier molecular flexibility index (Phi) is 4.22. The molecule has 0 atom stereocenters. The molecule has 0 aliphatic heterocycles. The fraction of sp³-hybridized carbons (Fsp3) is 0.0667. The van der Waals surface area contributed by atoms with Crippen molar-refractivity contribution in [3.8, 4) is 17.1 Å². The number of halogens is 2. The van der Waals surface area contributed by atoms with Crippen molar-refractivity contribution in [1.82, 2.24) is 10.1 Å². The van der Waals surface area contributed by atoms with Gasteiger partial charge in [0.1, 0.15) is 5.75 Å². The maximum absolute atomic E-state index is 6.10. The Hall–Kier alpha value is -1.85. The van der Waals surface area contributed by atoms with Crippen LogP contribution in [0, 0.1) is 0 Å². The summed E-state index contributed by atoms with van der Waals surface area (Å²) >= 11 is 9.47. The number of rotatable bonds is 4. The van der Waals surface area contributed by atoms with Gasteiger partial charge >= 0.3 is 0 Å². The molecule has 0 spiro atoms. The Balaban J connectivity index is 1.71. The lowest BCUT2D eigenvalue weighted by molar-refractivity contribution is 0.243. The van der Waals surface area contributed by atoms with Gasteiger partial charge in [0.2, 0.25) is 5.82 Å². The zero-order valence-corrected chi connectivity index (χ0v) is 13.1. The summed E-state index contributed by atoms with van der Waals surface area (Å²) < 4.78 is 11.7. The summed E-state index contributed by atoms with van der Waals surface area (Å²) in [6, 6.07) is 14.9. The molecule has 4 nitrogen and oxygen atoms in total. The van der Waals surface area contributed by atoms with Gasteiger partial charge in [-0.15, -0.1) is 0 Å². The van der Waals surface area contributed by atoms with Crippen molar-refractivity contribution >= 4 is 27.5 Å². The molecule has 0 fully saturated rings. The monoisotopic (exact) mass is 364 g/mol. The SMILES string of the molecule is Clc1ccccc1-c1noc(COc2ccc(Br)cc2)n1. The molecule has 106 valence electrons. The van der Waals surface area contributed by atoms with Crippen molar-refractivity contribution < 1.29 is 9.26 Å². The van der Waals surface area contributed by atoms with Gasteiger partial charge in [0.15, 0.2) is 6.61 Å². The second kappa shape index (κ2) is 6.28. The second-order valence-corrected chi connectivity index (χ2v) is 5.56. The molecule has 0 aliphatic rings. The minimum Gasteiger partial charge on any atom is -0.484 e. The molecule has 1 aromatic heterocycles. The van der Waals surface area contributed by atoms with E-state index in [0.717, 1.165) is 15.8 Å². The van der Waals surface area contributed by atoms with Crippen LogP contribution in [0.4, 0.5) is 0 Å². The number of hydrogen-bond acceptors (Lipinski definition) is 4. The summed E-state index contributed by atoms with van der Waals surface area (Å²) in [7, 11) is 0. The van der Waals surface area contributed by atoms with Crippen molar-refractivity contribution in [3.63, 3.8) is 0 Å². The van der Waals surface area contributed by atoms with E-state index < -0.39 is 0 Å². The molecule has 0 aliphatic carbocycles. The van der Waals surface area contributed by atoms with Gasteiger partial charge < -0.3 is 9.26 Å². The highest BCUT2D eigenvalue weighted by Crippen LogP contribution is 2.25. The second-order valence-electron chi connectivity index (χ2n) is 4.23. The average molecular weight is 366 g/mol. The smallest absolute Gasteiger partial charge is 0.264 e. The molecule has 21 heavy (non-hydrogen) atoms. The molecule has 0 saturated carbocycles. The topological polar surface area (TPSA) is 48.2 Å². The first-order valence-electron chi connectivity index (χ1n) is 6.18. The number of ether oxygens (including phenoxy) is 1. The summed E-state index contributed by atoms with van der Waals surface area (Å²) in [6.45, 7) is 0.207. The lowest BCUT2D eigenvalue weighted by Crippen LogP contribution is -1.95. The third kappa shape index (κ3) is 3.43. The van der Waals surface area contributed by atoms with E-state index in [1.165, 1.54) is 0 Å². The lowest BCUT2D eigenvalue weighted by Gasteiger charge is -2.02. The van der Waals surface area contributed by atoms with E-state index in [2.05, 4.69) is 26.1 Å². The average Bonchev–Trinajstić information content (AvgIpc) is 2.96. The van der Waals surface area contributed by atoms with E-state index in [1.807, 2.05) is 42.5 Å². The Bertz CT molecular complexity index is 743. The fourth-order valence-corrected chi connectivity index (χ4v) is 2.23. The maximum atomic E-state index is 6.10. The quantitative estimate of drug-likeness (QED) is 0.670. The lowest BCUT2D eigenvalue weighted by atomic mass is 10.2. The molecule has 0 saturated heterocycles. The van der Waals surface area contributed by atoms with Crippen molar-refractivity contribution in [2.24, 2.45) is 0 Å². The highest BCUT2D eigenvalue weighted by atomic mass is 79.9. The first-order chi connectivity index (χ1) is 10.2. The summed E-state index contributed by atoms with van der Waals surface area (Å²) in [5.41, 5.74) is 0.734. The van der Waals surface area contributed by atoms with E-state index in [4.69, 9.17) is 20.9 Å². The molecule has 0 unspecified atom stereocenters. The van der Waals surface area contributed by atoms with Crippen LogP contribution in [0.15, 0.2) is 57.5 Å². The van der Waals surface area contributed by atoms with Crippen LogP contribution < -0.4 is 4.74 Å². The third-order valence-corrected chi connectivity index (χ3v) is 3.62. The summed E-state index contributed by atoms with van der Waals surface area (Å²) in [5, 5.41) is 4.50. The standard InChI is InChI=1S/C15H10BrClN2O2/c16-10-5-7-11(8-6-10)20-9-14-18-15(19-21-14)12-3-1-2-4-13(12)17/h1-8H,9H2. The predicted molar refractivity (Wildman–Crippen MR) is 83.2 cm³/mol. The normalized spacial score (nSPS) is 10.6. The van der Waals surface area contributed by atoms with Gasteiger partial charge in [-0.25, -0.2) is 0 Å². The van der Waals surface area contributed by atoms with Crippen LogP contribution in [-0.2, 0) is 6.61 Å². The largest absolute Gasteiger partial charge is 0.484 e. The van der Waals surface area contributed by atoms with Crippen LogP contribution in [0.2, 0.25) is 5.02 Å². The van der Waals surface area contributed by atoms with Gasteiger partial charge in [-0.1, -0.05) is 44.8 Å². The zero-order valence-electron chi connectivity index (χ0n) is 10.8. The molecule has 1 heterocycles. The molecule has 0 N–H and O–H groups in total. The predicted octanol–water partition coefficient (Wildman–Crippen LogP) is 4.73. The number of benzene rings is 2. The highest BCUT2D eigenvalue weighted by molar-refractivity contribution is 9.10. The van der Waals surface area contributed by atoms with E-state index in [1.54, 1.807) is 6.07 Å². The van der Waals surface area contributed by atoms with Gasteiger partial charge in [-0.3, -0.25) is 0 Å². The van der Waals surface area contributed by atoms with Crippen molar-refractivity contribution in [2.75, 3.05) is 0 Å². The maximum Gasteiger partial charge on any atom is 0.264 e. The van der Waals surface area contributed by atoms with E-state index in [-0.39, 0.29) is 6.61 Å². The van der Waals surface area contributed by atoms with E-state index in [9.17, 15) is 0 Å². The van der Waals surface area contributed by atoms with Crippen LogP contribution in [0.1, 0.15) is 5.89 Å². The number of hydrogen-bond donors (Lipinski definition) is 0. The van der Waals surface area contributed by atoms with Crippen LogP contribution in [0.25, 0.3) is 11.4 Å². The molecule has 0 radical (unpaired) electrons. The van der Waals surface area contributed by atoms with Crippen LogP contribution in [0.3, 0.4) is 0 Å². The number of aromatic nitrogens is 2. The Morgan fingerprint density at radius 3 is 2.62 bits per heavy atom. The van der Waals surface area contributed by atoms with E-state index in [0.29, 0.717) is 16.7 Å². The molecule has 2 aromatic carbocycles.